The van der Waals surface area contributed by atoms with Crippen molar-refractivity contribution in [2.45, 2.75) is 50.8 Å². The van der Waals surface area contributed by atoms with E-state index in [1.54, 1.807) is 24.3 Å². The van der Waals surface area contributed by atoms with Gasteiger partial charge in [-0.25, -0.2) is 9.18 Å². The average Bonchev–Trinajstić information content (AvgIpc) is 3.35. The lowest BCUT2D eigenvalue weighted by Gasteiger charge is -2.19. The SMILES string of the molecule is CCOC(=O)c1cn(-c2ccc(CNC3CCCC3)cc2)c2c(OC(F)(F)Cl)c(F)c(F)cc2c1=O. The Morgan fingerprint density at radius 2 is 1.86 bits per heavy atom. The molecule has 0 unspecified atom stereocenters. The Morgan fingerprint density at radius 3 is 2.47 bits per heavy atom. The number of nitrogens with zero attached hydrogens (tertiary/aromatic N) is 1. The predicted octanol–water partition coefficient (Wildman–Crippen LogP) is 5.65. The fourth-order valence-electron chi connectivity index (χ4n) is 4.34. The number of hydrogen-bond donors (Lipinski definition) is 1. The highest BCUT2D eigenvalue weighted by Crippen LogP contribution is 2.36. The van der Waals surface area contributed by atoms with Crippen molar-refractivity contribution in [3.05, 3.63) is 69.5 Å². The summed E-state index contributed by atoms with van der Waals surface area (Å²) in [6.45, 7) is 2.07. The zero-order valence-corrected chi connectivity index (χ0v) is 20.0. The fraction of sp³-hybridized carbons (Fsp3) is 0.360. The second-order valence-electron chi connectivity index (χ2n) is 8.44. The van der Waals surface area contributed by atoms with Gasteiger partial charge in [-0.3, -0.25) is 4.79 Å². The third kappa shape index (κ3) is 5.49. The van der Waals surface area contributed by atoms with Gasteiger partial charge in [-0.15, -0.1) is 8.78 Å². The van der Waals surface area contributed by atoms with Crippen LogP contribution in [0, 0.1) is 11.6 Å². The smallest absolute Gasteiger partial charge is 0.462 e. The number of aromatic nitrogens is 1. The molecule has 0 bridgehead atoms. The van der Waals surface area contributed by atoms with Gasteiger partial charge in [0.1, 0.15) is 11.1 Å². The molecule has 0 radical (unpaired) electrons. The zero-order chi connectivity index (χ0) is 26.0. The third-order valence-electron chi connectivity index (χ3n) is 6.02. The molecule has 1 aromatic heterocycles. The van der Waals surface area contributed by atoms with Crippen molar-refractivity contribution in [2.24, 2.45) is 0 Å². The molecule has 36 heavy (non-hydrogen) atoms. The Hall–Kier alpha value is -3.11. The van der Waals surface area contributed by atoms with Crippen molar-refractivity contribution < 1.29 is 31.8 Å². The minimum atomic E-state index is -4.40. The molecule has 0 atom stereocenters. The highest BCUT2D eigenvalue weighted by molar-refractivity contribution is 6.21. The van der Waals surface area contributed by atoms with E-state index in [0.717, 1.165) is 29.2 Å². The molecule has 0 saturated heterocycles. The third-order valence-corrected chi connectivity index (χ3v) is 6.09. The van der Waals surface area contributed by atoms with Gasteiger partial charge in [0.2, 0.25) is 11.2 Å². The Balaban J connectivity index is 1.87. The maximum atomic E-state index is 14.7. The number of carbonyl (C=O) groups excluding carboxylic acids is 1. The minimum Gasteiger partial charge on any atom is -0.462 e. The standard InChI is InChI=1S/C25H23ClF4N2O4/c1-2-35-24(34)18-13-32(16-9-7-14(8-10-16)12-31-15-5-3-4-6-15)21-17(22(18)33)11-19(27)20(28)23(21)36-25(26,29)30/h7-11,13,15,31H,2-6,12H2,1H3. The largest absolute Gasteiger partial charge is 0.487 e. The van der Waals surface area contributed by atoms with Crippen LogP contribution in [0.1, 0.15) is 48.5 Å². The van der Waals surface area contributed by atoms with Gasteiger partial charge in [0.15, 0.2) is 11.6 Å². The van der Waals surface area contributed by atoms with E-state index in [1.807, 2.05) is 0 Å². The van der Waals surface area contributed by atoms with E-state index in [2.05, 4.69) is 10.1 Å². The summed E-state index contributed by atoms with van der Waals surface area (Å²) in [5.74, 6) is -5.68. The molecular formula is C25H23ClF4N2O4. The van der Waals surface area contributed by atoms with Crippen molar-refractivity contribution in [2.75, 3.05) is 6.61 Å². The van der Waals surface area contributed by atoms with Crippen LogP contribution in [0.25, 0.3) is 16.6 Å². The molecule has 1 fully saturated rings. The van der Waals surface area contributed by atoms with E-state index in [-0.39, 0.29) is 12.3 Å². The summed E-state index contributed by atoms with van der Waals surface area (Å²) < 4.78 is 66.3. The first-order valence-electron chi connectivity index (χ1n) is 11.4. The molecule has 1 aliphatic carbocycles. The number of halogens is 5. The molecule has 4 rings (SSSR count). The first kappa shape index (κ1) is 26.0. The van der Waals surface area contributed by atoms with E-state index in [0.29, 0.717) is 18.7 Å². The molecule has 1 N–H and O–H groups in total. The number of alkyl halides is 3. The van der Waals surface area contributed by atoms with Gasteiger partial charge in [0.05, 0.1) is 12.0 Å². The summed E-state index contributed by atoms with van der Waals surface area (Å²) >= 11 is 4.85. The number of fused-ring (bicyclic) bond motifs is 1. The number of ether oxygens (including phenoxy) is 2. The Bertz CT molecular complexity index is 1330. The monoisotopic (exact) mass is 526 g/mol. The summed E-state index contributed by atoms with van der Waals surface area (Å²) in [5, 5.41) is 2.90. The number of rotatable bonds is 8. The Labute approximate surface area is 208 Å². The summed E-state index contributed by atoms with van der Waals surface area (Å²) in [4.78, 5) is 25.4. The predicted molar refractivity (Wildman–Crippen MR) is 126 cm³/mol. The molecule has 3 aromatic rings. The molecule has 192 valence electrons. The second-order valence-corrected chi connectivity index (χ2v) is 8.88. The number of nitrogens with one attached hydrogen (secondary N) is 1. The van der Waals surface area contributed by atoms with E-state index >= 15 is 0 Å². The van der Waals surface area contributed by atoms with Crippen LogP contribution in [0.2, 0.25) is 0 Å². The van der Waals surface area contributed by atoms with Crippen LogP contribution >= 0.6 is 11.6 Å². The summed E-state index contributed by atoms with van der Waals surface area (Å²) in [5.41, 5.74) is -5.28. The molecule has 1 saturated carbocycles. The lowest BCUT2D eigenvalue weighted by atomic mass is 10.1. The molecule has 1 heterocycles. The number of hydrogen-bond acceptors (Lipinski definition) is 5. The van der Waals surface area contributed by atoms with Crippen molar-refractivity contribution in [3.8, 4) is 11.4 Å². The molecule has 6 nitrogen and oxygen atoms in total. The van der Waals surface area contributed by atoms with E-state index in [9.17, 15) is 27.2 Å². The number of carbonyl (C=O) groups is 1. The number of pyridine rings is 1. The molecule has 0 amide bonds. The van der Waals surface area contributed by atoms with Crippen LogP contribution < -0.4 is 15.5 Å². The highest BCUT2D eigenvalue weighted by atomic mass is 35.5. The minimum absolute atomic E-state index is 0.0520. The first-order valence-corrected chi connectivity index (χ1v) is 11.8. The van der Waals surface area contributed by atoms with E-state index in [4.69, 9.17) is 16.3 Å². The molecule has 11 heteroatoms. The van der Waals surface area contributed by atoms with Crippen LogP contribution in [-0.2, 0) is 11.3 Å². The summed E-state index contributed by atoms with van der Waals surface area (Å²) in [6, 6.07) is 7.65. The Morgan fingerprint density at radius 1 is 1.19 bits per heavy atom. The van der Waals surface area contributed by atoms with Crippen molar-refractivity contribution in [3.63, 3.8) is 0 Å². The molecular weight excluding hydrogens is 504 g/mol. The normalized spacial score (nSPS) is 14.4. The van der Waals surface area contributed by atoms with Gasteiger partial charge in [0.25, 0.3) is 0 Å². The fourth-order valence-corrected chi connectivity index (χ4v) is 4.41. The quantitative estimate of drug-likeness (QED) is 0.233. The van der Waals surface area contributed by atoms with Crippen molar-refractivity contribution >= 4 is 28.5 Å². The van der Waals surface area contributed by atoms with Crippen LogP contribution in [0.15, 0.2) is 41.3 Å². The second kappa shape index (κ2) is 10.5. The lowest BCUT2D eigenvalue weighted by molar-refractivity contribution is -0.0978. The zero-order valence-electron chi connectivity index (χ0n) is 19.3. The van der Waals surface area contributed by atoms with Gasteiger partial charge >= 0.3 is 11.5 Å². The van der Waals surface area contributed by atoms with Crippen molar-refractivity contribution in [1.82, 2.24) is 9.88 Å². The molecule has 0 spiro atoms. The van der Waals surface area contributed by atoms with Crippen LogP contribution in [-0.4, -0.2) is 28.8 Å². The Kier molecular flexibility index (Phi) is 7.56. The number of esters is 1. The van der Waals surface area contributed by atoms with Gasteiger partial charge in [-0.05, 0) is 43.5 Å². The molecule has 1 aliphatic rings. The molecule has 2 aromatic carbocycles. The number of benzene rings is 2. The topological polar surface area (TPSA) is 69.6 Å². The van der Waals surface area contributed by atoms with Crippen LogP contribution in [0.3, 0.4) is 0 Å². The summed E-state index contributed by atoms with van der Waals surface area (Å²) in [7, 11) is 0. The highest BCUT2D eigenvalue weighted by Gasteiger charge is 2.33. The maximum Gasteiger partial charge on any atom is 0.487 e. The van der Waals surface area contributed by atoms with E-state index in [1.165, 1.54) is 19.8 Å². The van der Waals surface area contributed by atoms with Gasteiger partial charge in [0, 0.05) is 36.1 Å². The van der Waals surface area contributed by atoms with Gasteiger partial charge in [-0.2, -0.15) is 4.39 Å². The maximum absolute atomic E-state index is 14.7. The average molecular weight is 527 g/mol. The van der Waals surface area contributed by atoms with Gasteiger partial charge < -0.3 is 19.4 Å². The molecule has 0 aliphatic heterocycles. The summed E-state index contributed by atoms with van der Waals surface area (Å²) in [6.07, 6.45) is 5.59. The first-order chi connectivity index (χ1) is 17.1. The van der Waals surface area contributed by atoms with Crippen LogP contribution in [0.4, 0.5) is 17.6 Å². The van der Waals surface area contributed by atoms with E-state index < -0.39 is 50.8 Å². The lowest BCUT2D eigenvalue weighted by Crippen LogP contribution is -2.25. The van der Waals surface area contributed by atoms with Crippen LogP contribution in [0.5, 0.6) is 5.75 Å². The van der Waals surface area contributed by atoms with Crippen molar-refractivity contribution in [1.29, 1.82) is 0 Å². The van der Waals surface area contributed by atoms with Gasteiger partial charge in [-0.1, -0.05) is 25.0 Å².